The molecular weight excluding hydrogens is 302 g/mol. The predicted molar refractivity (Wildman–Crippen MR) is 96.3 cm³/mol. The molecule has 0 fully saturated rings. The molecule has 1 atom stereocenters. The number of hydrogen-bond donors (Lipinski definition) is 2. The van der Waals surface area contributed by atoms with E-state index in [4.69, 9.17) is 4.74 Å². The fraction of sp³-hybridized carbons (Fsp3) is 0.350. The van der Waals surface area contributed by atoms with Crippen molar-refractivity contribution in [2.45, 2.75) is 45.6 Å². The molecule has 4 heteroatoms. The normalized spacial score (nSPS) is 13.2. The van der Waals surface area contributed by atoms with Crippen molar-refractivity contribution in [3.05, 3.63) is 65.2 Å². The van der Waals surface area contributed by atoms with Crippen LogP contribution in [0.5, 0.6) is 5.75 Å². The summed E-state index contributed by atoms with van der Waals surface area (Å²) in [4.78, 5) is 4.32. The molecule has 128 valence electrons. The first kappa shape index (κ1) is 18.2. The van der Waals surface area contributed by atoms with Crippen LogP contribution in [0.1, 0.15) is 43.6 Å². The molecule has 24 heavy (non-hydrogen) atoms. The minimum absolute atomic E-state index is 0.152. The minimum atomic E-state index is -0.808. The van der Waals surface area contributed by atoms with E-state index < -0.39 is 6.10 Å². The van der Waals surface area contributed by atoms with Crippen molar-refractivity contribution in [1.82, 2.24) is 0 Å². The lowest BCUT2D eigenvalue weighted by atomic mass is 10.1. The SMILES string of the molecule is CC(C)(C)N=CC(O)c1ccc(OCc2ccccc2)c(CO)c1. The van der Waals surface area contributed by atoms with E-state index >= 15 is 0 Å². The van der Waals surface area contributed by atoms with Crippen LogP contribution in [0.2, 0.25) is 0 Å². The summed E-state index contributed by atoms with van der Waals surface area (Å²) in [5.41, 5.74) is 2.15. The fourth-order valence-electron chi connectivity index (χ4n) is 2.16. The van der Waals surface area contributed by atoms with Crippen molar-refractivity contribution < 1.29 is 14.9 Å². The molecule has 0 heterocycles. The lowest BCUT2D eigenvalue weighted by Crippen LogP contribution is -2.12. The lowest BCUT2D eigenvalue weighted by Gasteiger charge is -2.15. The maximum absolute atomic E-state index is 10.2. The van der Waals surface area contributed by atoms with E-state index in [1.165, 1.54) is 6.21 Å². The van der Waals surface area contributed by atoms with Gasteiger partial charge in [0.25, 0.3) is 0 Å². The number of benzene rings is 2. The van der Waals surface area contributed by atoms with Crippen molar-refractivity contribution in [2.75, 3.05) is 0 Å². The molecule has 0 amide bonds. The molecule has 0 saturated carbocycles. The maximum atomic E-state index is 10.2. The molecule has 2 aromatic carbocycles. The lowest BCUT2D eigenvalue weighted by molar-refractivity contribution is 0.246. The molecule has 4 nitrogen and oxygen atoms in total. The van der Waals surface area contributed by atoms with Crippen LogP contribution in [0.15, 0.2) is 53.5 Å². The molecule has 0 aliphatic carbocycles. The summed E-state index contributed by atoms with van der Waals surface area (Å²) < 4.78 is 5.79. The second-order valence-electron chi connectivity index (χ2n) is 6.69. The van der Waals surface area contributed by atoms with E-state index in [1.54, 1.807) is 18.2 Å². The Morgan fingerprint density at radius 3 is 2.46 bits per heavy atom. The average molecular weight is 327 g/mol. The second-order valence-corrected chi connectivity index (χ2v) is 6.69. The molecule has 0 spiro atoms. The summed E-state index contributed by atoms with van der Waals surface area (Å²) in [7, 11) is 0. The third kappa shape index (κ3) is 5.48. The summed E-state index contributed by atoms with van der Waals surface area (Å²) in [6, 6.07) is 15.2. The predicted octanol–water partition coefficient (Wildman–Crippen LogP) is 3.66. The van der Waals surface area contributed by atoms with Gasteiger partial charge in [0.05, 0.1) is 12.1 Å². The first-order valence-electron chi connectivity index (χ1n) is 8.03. The van der Waals surface area contributed by atoms with Crippen molar-refractivity contribution in [3.63, 3.8) is 0 Å². The van der Waals surface area contributed by atoms with Crippen LogP contribution in [0.3, 0.4) is 0 Å². The van der Waals surface area contributed by atoms with Gasteiger partial charge in [0, 0.05) is 11.8 Å². The van der Waals surface area contributed by atoms with Crippen LogP contribution in [0.4, 0.5) is 0 Å². The Balaban J connectivity index is 2.11. The summed E-state index contributed by atoms with van der Waals surface area (Å²) in [5, 5.41) is 19.8. The number of rotatable bonds is 6. The second kappa shape index (κ2) is 8.08. The van der Waals surface area contributed by atoms with E-state index in [1.807, 2.05) is 51.1 Å². The van der Waals surface area contributed by atoms with E-state index in [0.29, 0.717) is 23.5 Å². The monoisotopic (exact) mass is 327 g/mol. The van der Waals surface area contributed by atoms with Crippen molar-refractivity contribution in [2.24, 2.45) is 4.99 Å². The highest BCUT2D eigenvalue weighted by Crippen LogP contribution is 2.24. The standard InChI is InChI=1S/C20H25NO3/c1-20(2,3)21-12-18(23)16-9-10-19(17(11-16)13-22)24-14-15-7-5-4-6-8-15/h4-12,18,22-23H,13-14H2,1-3H3. The highest BCUT2D eigenvalue weighted by molar-refractivity contribution is 5.66. The molecule has 0 aliphatic heterocycles. The molecule has 0 aromatic heterocycles. The largest absolute Gasteiger partial charge is 0.489 e. The van der Waals surface area contributed by atoms with Gasteiger partial charge in [-0.2, -0.15) is 0 Å². The first-order valence-corrected chi connectivity index (χ1v) is 8.03. The van der Waals surface area contributed by atoms with Gasteiger partial charge in [-0.15, -0.1) is 0 Å². The van der Waals surface area contributed by atoms with Gasteiger partial charge in [-0.25, -0.2) is 0 Å². The van der Waals surface area contributed by atoms with E-state index in [2.05, 4.69) is 4.99 Å². The third-order valence-corrected chi connectivity index (χ3v) is 3.44. The van der Waals surface area contributed by atoms with Crippen molar-refractivity contribution in [1.29, 1.82) is 0 Å². The van der Waals surface area contributed by atoms with Crippen molar-refractivity contribution >= 4 is 6.21 Å². The summed E-state index contributed by atoms with van der Waals surface area (Å²) in [5.74, 6) is 0.616. The van der Waals surface area contributed by atoms with Crippen LogP contribution < -0.4 is 4.74 Å². The number of nitrogens with zero attached hydrogens (tertiary/aromatic N) is 1. The van der Waals surface area contributed by atoms with Crippen LogP contribution in [-0.2, 0) is 13.2 Å². The van der Waals surface area contributed by atoms with Crippen LogP contribution in [-0.4, -0.2) is 22.0 Å². The van der Waals surface area contributed by atoms with Gasteiger partial charge >= 0.3 is 0 Å². The third-order valence-electron chi connectivity index (χ3n) is 3.44. The van der Waals surface area contributed by atoms with E-state index in [-0.39, 0.29) is 12.1 Å². The molecule has 1 unspecified atom stereocenters. The molecule has 0 bridgehead atoms. The summed E-state index contributed by atoms with van der Waals surface area (Å²) >= 11 is 0. The van der Waals surface area contributed by atoms with Crippen LogP contribution in [0.25, 0.3) is 0 Å². The first-order chi connectivity index (χ1) is 11.4. The zero-order valence-electron chi connectivity index (χ0n) is 14.4. The molecule has 2 rings (SSSR count). The van der Waals surface area contributed by atoms with Gasteiger partial charge in [-0.3, -0.25) is 4.99 Å². The molecule has 2 aromatic rings. The number of hydrogen-bond acceptors (Lipinski definition) is 4. The Kier molecular flexibility index (Phi) is 6.12. The van der Waals surface area contributed by atoms with Crippen LogP contribution in [0, 0.1) is 0 Å². The molecule has 2 N–H and O–H groups in total. The topological polar surface area (TPSA) is 62.1 Å². The smallest absolute Gasteiger partial charge is 0.125 e. The summed E-state index contributed by atoms with van der Waals surface area (Å²) in [6.07, 6.45) is 0.721. The minimum Gasteiger partial charge on any atom is -0.489 e. The maximum Gasteiger partial charge on any atom is 0.125 e. The highest BCUT2D eigenvalue weighted by atomic mass is 16.5. The number of ether oxygens (including phenoxy) is 1. The van der Waals surface area contributed by atoms with E-state index in [9.17, 15) is 10.2 Å². The molecule has 0 aliphatic rings. The van der Waals surface area contributed by atoms with Crippen molar-refractivity contribution in [3.8, 4) is 5.75 Å². The van der Waals surface area contributed by atoms with Gasteiger partial charge < -0.3 is 14.9 Å². The Hall–Kier alpha value is -2.17. The average Bonchev–Trinajstić information content (AvgIpc) is 2.58. The van der Waals surface area contributed by atoms with Gasteiger partial charge in [-0.1, -0.05) is 36.4 Å². The quantitative estimate of drug-likeness (QED) is 0.796. The fourth-order valence-corrected chi connectivity index (χ4v) is 2.16. The Labute approximate surface area is 143 Å². The molecule has 0 radical (unpaired) electrons. The number of aliphatic hydroxyl groups excluding tert-OH is 2. The number of aliphatic hydroxyl groups is 2. The zero-order chi connectivity index (χ0) is 17.6. The molecule has 0 saturated heterocycles. The summed E-state index contributed by atoms with van der Waals surface area (Å²) in [6.45, 7) is 6.18. The Bertz CT molecular complexity index is 675. The van der Waals surface area contributed by atoms with Gasteiger partial charge in [-0.05, 0) is 44.0 Å². The molecular formula is C20H25NO3. The number of aliphatic imine (C=N–C) groups is 1. The van der Waals surface area contributed by atoms with Gasteiger partial charge in [0.1, 0.15) is 18.5 Å². The highest BCUT2D eigenvalue weighted by Gasteiger charge is 2.12. The van der Waals surface area contributed by atoms with Gasteiger partial charge in [0.2, 0.25) is 0 Å². The Morgan fingerprint density at radius 2 is 1.83 bits per heavy atom. The zero-order valence-corrected chi connectivity index (χ0v) is 14.4. The van der Waals surface area contributed by atoms with Crippen LogP contribution >= 0.6 is 0 Å². The Morgan fingerprint density at radius 1 is 1.12 bits per heavy atom. The van der Waals surface area contributed by atoms with E-state index in [0.717, 1.165) is 5.56 Å². The van der Waals surface area contributed by atoms with Gasteiger partial charge in [0.15, 0.2) is 0 Å².